The van der Waals surface area contributed by atoms with Crippen molar-refractivity contribution in [1.29, 1.82) is 0 Å². The minimum Gasteiger partial charge on any atom is -0.478 e. The van der Waals surface area contributed by atoms with Crippen LogP contribution in [-0.4, -0.2) is 35.3 Å². The smallest absolute Gasteiger partial charge is 0.265 e. The Morgan fingerprint density at radius 2 is 1.87 bits per heavy atom. The van der Waals surface area contributed by atoms with E-state index in [1.807, 2.05) is 30.3 Å². The summed E-state index contributed by atoms with van der Waals surface area (Å²) in [5.41, 5.74) is 2.17. The van der Waals surface area contributed by atoms with E-state index in [0.29, 0.717) is 5.69 Å². The Hall–Kier alpha value is -3.48. The van der Waals surface area contributed by atoms with E-state index >= 15 is 0 Å². The normalized spacial score (nSPS) is 14.4. The van der Waals surface area contributed by atoms with Gasteiger partial charge in [0.2, 0.25) is 0 Å². The number of anilines is 2. The number of carbonyl (C=O) groups is 1. The van der Waals surface area contributed by atoms with Crippen molar-refractivity contribution in [3.63, 3.8) is 0 Å². The van der Waals surface area contributed by atoms with Crippen molar-refractivity contribution in [2.24, 2.45) is 0 Å². The van der Waals surface area contributed by atoms with Gasteiger partial charge in [0.05, 0.1) is 5.69 Å². The number of halogens is 1. The van der Waals surface area contributed by atoms with Gasteiger partial charge in [-0.05, 0) is 56.2 Å². The molecule has 4 rings (SSSR count). The third-order valence-electron chi connectivity index (χ3n) is 5.02. The summed E-state index contributed by atoms with van der Waals surface area (Å²) in [6.45, 7) is 3.61. The van der Waals surface area contributed by atoms with Gasteiger partial charge in [0.25, 0.3) is 5.91 Å². The second-order valence-electron chi connectivity index (χ2n) is 7.23. The van der Waals surface area contributed by atoms with Crippen LogP contribution in [0.1, 0.15) is 19.8 Å². The highest BCUT2D eigenvalue weighted by molar-refractivity contribution is 5.94. The Morgan fingerprint density at radius 1 is 1.07 bits per heavy atom. The lowest BCUT2D eigenvalue weighted by atomic mass is 10.1. The molecular formula is C23H23FN4O2. The third kappa shape index (κ3) is 4.56. The van der Waals surface area contributed by atoms with Crippen molar-refractivity contribution in [2.45, 2.75) is 25.9 Å². The molecule has 1 saturated heterocycles. The van der Waals surface area contributed by atoms with Crippen LogP contribution in [0.3, 0.4) is 0 Å². The molecule has 6 nitrogen and oxygen atoms in total. The molecule has 1 unspecified atom stereocenters. The average molecular weight is 406 g/mol. The number of benzene rings is 2. The number of carbonyl (C=O) groups excluding carboxylic acids is 1. The highest BCUT2D eigenvalue weighted by Crippen LogP contribution is 2.24. The number of para-hydroxylation sites is 1. The largest absolute Gasteiger partial charge is 0.478 e. The molecule has 1 aliphatic heterocycles. The lowest BCUT2D eigenvalue weighted by Crippen LogP contribution is -2.30. The van der Waals surface area contributed by atoms with Gasteiger partial charge in [0.15, 0.2) is 23.5 Å². The van der Waals surface area contributed by atoms with Crippen molar-refractivity contribution < 1.29 is 13.9 Å². The number of rotatable bonds is 6. The van der Waals surface area contributed by atoms with Crippen LogP contribution in [0.4, 0.5) is 15.9 Å². The van der Waals surface area contributed by atoms with Crippen LogP contribution in [0.15, 0.2) is 60.7 Å². The van der Waals surface area contributed by atoms with Gasteiger partial charge < -0.3 is 15.0 Å². The molecule has 3 aromatic rings. The van der Waals surface area contributed by atoms with Gasteiger partial charge in [-0.15, -0.1) is 10.2 Å². The van der Waals surface area contributed by atoms with E-state index in [2.05, 4.69) is 20.4 Å². The molecule has 7 heteroatoms. The SMILES string of the molecule is CC(Oc1ccccc1F)C(=O)Nc1cccc(-c2ccc(N3CCCC3)nn2)c1. The van der Waals surface area contributed by atoms with Gasteiger partial charge >= 0.3 is 0 Å². The zero-order chi connectivity index (χ0) is 20.9. The Labute approximate surface area is 174 Å². The predicted octanol–water partition coefficient (Wildman–Crippen LogP) is 4.29. The molecule has 30 heavy (non-hydrogen) atoms. The summed E-state index contributed by atoms with van der Waals surface area (Å²) in [5, 5.41) is 11.5. The first-order valence-corrected chi connectivity index (χ1v) is 10.0. The number of ether oxygens (including phenoxy) is 1. The van der Waals surface area contributed by atoms with E-state index in [1.54, 1.807) is 25.1 Å². The number of aromatic nitrogens is 2. The summed E-state index contributed by atoms with van der Waals surface area (Å²) in [7, 11) is 0. The van der Waals surface area contributed by atoms with Gasteiger partial charge in [-0.2, -0.15) is 0 Å². The van der Waals surface area contributed by atoms with Crippen molar-refractivity contribution in [2.75, 3.05) is 23.3 Å². The first-order valence-electron chi connectivity index (χ1n) is 10.0. The van der Waals surface area contributed by atoms with E-state index in [4.69, 9.17) is 4.74 Å². The first-order chi connectivity index (χ1) is 14.6. The molecular weight excluding hydrogens is 383 g/mol. The zero-order valence-electron chi connectivity index (χ0n) is 16.7. The van der Waals surface area contributed by atoms with Crippen molar-refractivity contribution in [1.82, 2.24) is 10.2 Å². The van der Waals surface area contributed by atoms with Crippen LogP contribution < -0.4 is 15.0 Å². The second-order valence-corrected chi connectivity index (χ2v) is 7.23. The highest BCUT2D eigenvalue weighted by atomic mass is 19.1. The van der Waals surface area contributed by atoms with Crippen LogP contribution in [0.2, 0.25) is 0 Å². The van der Waals surface area contributed by atoms with Crippen molar-refractivity contribution >= 4 is 17.4 Å². The first kappa shape index (κ1) is 19.8. The number of amides is 1. The molecule has 1 fully saturated rings. The van der Waals surface area contributed by atoms with Crippen molar-refractivity contribution in [3.05, 3.63) is 66.5 Å². The summed E-state index contributed by atoms with van der Waals surface area (Å²) in [6.07, 6.45) is 1.51. The Balaban J connectivity index is 1.42. The maximum absolute atomic E-state index is 13.7. The lowest BCUT2D eigenvalue weighted by Gasteiger charge is -2.16. The molecule has 0 aliphatic carbocycles. The monoisotopic (exact) mass is 406 g/mol. The second kappa shape index (κ2) is 8.90. The zero-order valence-corrected chi connectivity index (χ0v) is 16.7. The average Bonchev–Trinajstić information content (AvgIpc) is 3.30. The lowest BCUT2D eigenvalue weighted by molar-refractivity contribution is -0.122. The topological polar surface area (TPSA) is 67.3 Å². The minimum absolute atomic E-state index is 0.0438. The number of hydrogen-bond donors (Lipinski definition) is 1. The summed E-state index contributed by atoms with van der Waals surface area (Å²) in [4.78, 5) is 14.7. The van der Waals surface area contributed by atoms with Crippen LogP contribution in [0, 0.1) is 5.82 Å². The van der Waals surface area contributed by atoms with E-state index in [0.717, 1.165) is 30.2 Å². The van der Waals surface area contributed by atoms with Crippen LogP contribution >= 0.6 is 0 Å². The molecule has 154 valence electrons. The minimum atomic E-state index is -0.856. The molecule has 2 heterocycles. The van der Waals surface area contributed by atoms with Gasteiger partial charge in [-0.25, -0.2) is 4.39 Å². The van der Waals surface area contributed by atoms with Gasteiger partial charge in [-0.3, -0.25) is 4.79 Å². The third-order valence-corrected chi connectivity index (χ3v) is 5.02. The summed E-state index contributed by atoms with van der Waals surface area (Å²) in [5.74, 6) is 0.0584. The van der Waals surface area contributed by atoms with E-state index < -0.39 is 11.9 Å². The molecule has 0 spiro atoms. The maximum atomic E-state index is 13.7. The summed E-state index contributed by atoms with van der Waals surface area (Å²) in [6, 6.07) is 17.3. The molecule has 1 amide bonds. The number of nitrogens with one attached hydrogen (secondary N) is 1. The molecule has 0 radical (unpaired) electrons. The van der Waals surface area contributed by atoms with Gasteiger partial charge in [0.1, 0.15) is 0 Å². The fourth-order valence-electron chi connectivity index (χ4n) is 3.38. The standard InChI is InChI=1S/C23H23FN4O2/c1-16(30-21-10-3-2-9-19(21)24)23(29)25-18-8-6-7-17(15-18)20-11-12-22(27-26-20)28-13-4-5-14-28/h2-3,6-12,15-16H,4-5,13-14H2,1H3,(H,25,29). The van der Waals surface area contributed by atoms with E-state index in [1.165, 1.54) is 25.0 Å². The number of hydrogen-bond acceptors (Lipinski definition) is 5. The Morgan fingerprint density at radius 3 is 2.60 bits per heavy atom. The van der Waals surface area contributed by atoms with Crippen molar-refractivity contribution in [3.8, 4) is 17.0 Å². The van der Waals surface area contributed by atoms with Gasteiger partial charge in [0, 0.05) is 24.3 Å². The molecule has 0 saturated carbocycles. The fraction of sp³-hybridized carbons (Fsp3) is 0.261. The Bertz CT molecular complexity index is 1020. The molecule has 1 aliphatic rings. The summed E-state index contributed by atoms with van der Waals surface area (Å²) >= 11 is 0. The summed E-state index contributed by atoms with van der Waals surface area (Å²) < 4.78 is 19.2. The van der Waals surface area contributed by atoms with Crippen LogP contribution in [0.25, 0.3) is 11.3 Å². The quantitative estimate of drug-likeness (QED) is 0.662. The van der Waals surface area contributed by atoms with E-state index in [-0.39, 0.29) is 11.7 Å². The molecule has 2 aromatic carbocycles. The van der Waals surface area contributed by atoms with Crippen LogP contribution in [0.5, 0.6) is 5.75 Å². The fourth-order valence-corrected chi connectivity index (χ4v) is 3.38. The molecule has 0 bridgehead atoms. The Kier molecular flexibility index (Phi) is 5.88. The highest BCUT2D eigenvalue weighted by Gasteiger charge is 2.17. The maximum Gasteiger partial charge on any atom is 0.265 e. The van der Waals surface area contributed by atoms with Crippen LogP contribution in [-0.2, 0) is 4.79 Å². The number of nitrogens with zero attached hydrogens (tertiary/aromatic N) is 3. The van der Waals surface area contributed by atoms with E-state index in [9.17, 15) is 9.18 Å². The molecule has 1 atom stereocenters. The predicted molar refractivity (Wildman–Crippen MR) is 114 cm³/mol. The molecule has 1 aromatic heterocycles. The van der Waals surface area contributed by atoms with Gasteiger partial charge in [-0.1, -0.05) is 24.3 Å². The molecule has 1 N–H and O–H groups in total.